The first-order valence-corrected chi connectivity index (χ1v) is 9.34. The Hall–Kier alpha value is -3.78. The van der Waals surface area contributed by atoms with Gasteiger partial charge in [0.05, 0.1) is 22.8 Å². The fourth-order valence-corrected chi connectivity index (χ4v) is 3.08. The van der Waals surface area contributed by atoms with E-state index in [1.807, 2.05) is 19.1 Å². The van der Waals surface area contributed by atoms with Crippen molar-refractivity contribution in [1.82, 2.24) is 0 Å². The summed E-state index contributed by atoms with van der Waals surface area (Å²) in [5, 5.41) is 29.6. The molecule has 3 aromatic rings. The van der Waals surface area contributed by atoms with E-state index >= 15 is 0 Å². The lowest BCUT2D eigenvalue weighted by Crippen LogP contribution is -2.06. The fraction of sp³-hybridized carbons (Fsp3) is 0.167. The summed E-state index contributed by atoms with van der Waals surface area (Å²) >= 11 is 0. The van der Waals surface area contributed by atoms with E-state index in [2.05, 4.69) is 6.07 Å². The number of hydrogen-bond donors (Lipinski definition) is 2. The highest BCUT2D eigenvalue weighted by Gasteiger charge is 2.21. The quantitative estimate of drug-likeness (QED) is 0.572. The van der Waals surface area contributed by atoms with Gasteiger partial charge in [0.25, 0.3) is 0 Å². The van der Waals surface area contributed by atoms with Crippen LogP contribution in [0.3, 0.4) is 0 Å². The van der Waals surface area contributed by atoms with Gasteiger partial charge in [-0.05, 0) is 48.4 Å². The minimum atomic E-state index is -0.448. The Labute approximate surface area is 169 Å². The molecule has 0 saturated carbocycles. The van der Waals surface area contributed by atoms with Gasteiger partial charge in [0.15, 0.2) is 5.78 Å². The van der Waals surface area contributed by atoms with Gasteiger partial charge in [0.2, 0.25) is 0 Å². The topological polar surface area (TPSA) is 90.5 Å². The standard InChI is InChI=1S/C24H21NO4/c1-2-5-19-22(29-15-17-10-8-16(14-25)9-11-17)13-12-20(24(19)28)23(27)18-6-3-4-7-21(18)26/h3-4,6-13,26,28H,2,5,15H2,1H3. The molecule has 0 atom stereocenters. The van der Waals surface area contributed by atoms with Crippen LogP contribution < -0.4 is 4.74 Å². The number of rotatable bonds is 7. The number of para-hydroxylation sites is 1. The van der Waals surface area contributed by atoms with Gasteiger partial charge < -0.3 is 14.9 Å². The first kappa shape index (κ1) is 20.0. The van der Waals surface area contributed by atoms with Crippen molar-refractivity contribution in [2.75, 3.05) is 0 Å². The van der Waals surface area contributed by atoms with Crippen LogP contribution in [0.25, 0.3) is 0 Å². The van der Waals surface area contributed by atoms with Gasteiger partial charge >= 0.3 is 0 Å². The van der Waals surface area contributed by atoms with Crippen molar-refractivity contribution in [3.63, 3.8) is 0 Å². The second kappa shape index (κ2) is 8.94. The zero-order chi connectivity index (χ0) is 20.8. The number of ketones is 1. The smallest absolute Gasteiger partial charge is 0.200 e. The van der Waals surface area contributed by atoms with Crippen molar-refractivity contribution in [3.8, 4) is 23.3 Å². The Morgan fingerprint density at radius 2 is 1.72 bits per heavy atom. The van der Waals surface area contributed by atoms with E-state index in [4.69, 9.17) is 10.00 Å². The third-order valence-electron chi connectivity index (χ3n) is 4.61. The molecule has 2 N–H and O–H groups in total. The summed E-state index contributed by atoms with van der Waals surface area (Å²) in [7, 11) is 0. The van der Waals surface area contributed by atoms with E-state index in [0.717, 1.165) is 12.0 Å². The zero-order valence-corrected chi connectivity index (χ0v) is 16.1. The normalized spacial score (nSPS) is 10.3. The minimum Gasteiger partial charge on any atom is -0.507 e. The summed E-state index contributed by atoms with van der Waals surface area (Å²) in [6, 6.07) is 18.6. The van der Waals surface area contributed by atoms with E-state index in [9.17, 15) is 15.0 Å². The van der Waals surface area contributed by atoms with Gasteiger partial charge in [-0.1, -0.05) is 37.6 Å². The van der Waals surface area contributed by atoms with Crippen LogP contribution in [0, 0.1) is 11.3 Å². The Bertz CT molecular complexity index is 1070. The molecule has 29 heavy (non-hydrogen) atoms. The van der Waals surface area contributed by atoms with Gasteiger partial charge in [-0.2, -0.15) is 5.26 Å². The van der Waals surface area contributed by atoms with E-state index in [1.54, 1.807) is 30.3 Å². The Balaban J connectivity index is 1.89. The predicted molar refractivity (Wildman–Crippen MR) is 109 cm³/mol. The van der Waals surface area contributed by atoms with E-state index < -0.39 is 5.78 Å². The molecule has 3 aromatic carbocycles. The molecule has 0 saturated heterocycles. The molecule has 0 aromatic heterocycles. The maximum absolute atomic E-state index is 12.8. The molecule has 0 amide bonds. The lowest BCUT2D eigenvalue weighted by Gasteiger charge is -2.15. The Morgan fingerprint density at radius 3 is 2.38 bits per heavy atom. The largest absolute Gasteiger partial charge is 0.507 e. The Morgan fingerprint density at radius 1 is 1.00 bits per heavy atom. The summed E-state index contributed by atoms with van der Waals surface area (Å²) in [6.07, 6.45) is 1.30. The van der Waals surface area contributed by atoms with E-state index in [-0.39, 0.29) is 29.2 Å². The molecular weight excluding hydrogens is 366 g/mol. The van der Waals surface area contributed by atoms with Crippen molar-refractivity contribution >= 4 is 5.78 Å². The van der Waals surface area contributed by atoms with Crippen molar-refractivity contribution in [2.24, 2.45) is 0 Å². The van der Waals surface area contributed by atoms with Gasteiger partial charge in [0.1, 0.15) is 23.9 Å². The molecule has 0 spiro atoms. The maximum atomic E-state index is 12.8. The molecule has 0 unspecified atom stereocenters. The van der Waals surface area contributed by atoms with Crippen molar-refractivity contribution in [3.05, 3.63) is 88.5 Å². The van der Waals surface area contributed by atoms with Crippen LogP contribution in [0.15, 0.2) is 60.7 Å². The zero-order valence-electron chi connectivity index (χ0n) is 16.1. The second-order valence-electron chi connectivity index (χ2n) is 6.63. The highest BCUT2D eigenvalue weighted by atomic mass is 16.5. The first-order chi connectivity index (χ1) is 14.0. The molecule has 5 heteroatoms. The number of benzene rings is 3. The number of phenols is 2. The number of ether oxygens (including phenoxy) is 1. The minimum absolute atomic E-state index is 0.126. The van der Waals surface area contributed by atoms with Gasteiger partial charge in [-0.15, -0.1) is 0 Å². The fourth-order valence-electron chi connectivity index (χ4n) is 3.08. The maximum Gasteiger partial charge on any atom is 0.200 e. The molecule has 5 nitrogen and oxygen atoms in total. The lowest BCUT2D eigenvalue weighted by atomic mass is 9.97. The van der Waals surface area contributed by atoms with Crippen LogP contribution in [-0.2, 0) is 13.0 Å². The molecule has 0 heterocycles. The number of hydrogen-bond acceptors (Lipinski definition) is 5. The number of nitriles is 1. The monoisotopic (exact) mass is 387 g/mol. The number of carbonyl (C=O) groups is 1. The molecule has 0 radical (unpaired) electrons. The van der Waals surface area contributed by atoms with Crippen molar-refractivity contribution < 1.29 is 19.7 Å². The number of nitrogens with zero attached hydrogens (tertiary/aromatic N) is 1. The van der Waals surface area contributed by atoms with Crippen LogP contribution in [0.5, 0.6) is 17.2 Å². The van der Waals surface area contributed by atoms with E-state index in [1.165, 1.54) is 18.2 Å². The van der Waals surface area contributed by atoms with Crippen LogP contribution in [-0.4, -0.2) is 16.0 Å². The molecule has 0 aliphatic carbocycles. The predicted octanol–water partition coefficient (Wildman–Crippen LogP) is 4.73. The number of aromatic hydroxyl groups is 2. The summed E-state index contributed by atoms with van der Waals surface area (Å²) in [5.74, 6) is -0.202. The lowest BCUT2D eigenvalue weighted by molar-refractivity contribution is 0.103. The molecular formula is C24H21NO4. The summed E-state index contributed by atoms with van der Waals surface area (Å²) in [6.45, 7) is 2.25. The summed E-state index contributed by atoms with van der Waals surface area (Å²) in [5.41, 5.74) is 2.28. The van der Waals surface area contributed by atoms with Crippen LogP contribution in [0.2, 0.25) is 0 Å². The number of carbonyl (C=O) groups excluding carboxylic acids is 1. The molecule has 0 fully saturated rings. The molecule has 0 aliphatic heterocycles. The second-order valence-corrected chi connectivity index (χ2v) is 6.63. The molecule has 0 bridgehead atoms. The highest BCUT2D eigenvalue weighted by molar-refractivity contribution is 6.12. The average Bonchev–Trinajstić information content (AvgIpc) is 2.74. The first-order valence-electron chi connectivity index (χ1n) is 9.34. The SMILES string of the molecule is CCCc1c(OCc2ccc(C#N)cc2)ccc(C(=O)c2ccccc2O)c1O. The van der Waals surface area contributed by atoms with Gasteiger partial charge in [-0.3, -0.25) is 4.79 Å². The molecule has 0 aliphatic rings. The Kier molecular flexibility index (Phi) is 6.16. The summed E-state index contributed by atoms with van der Waals surface area (Å²) in [4.78, 5) is 12.8. The van der Waals surface area contributed by atoms with Gasteiger partial charge in [0, 0.05) is 5.56 Å². The van der Waals surface area contributed by atoms with E-state index in [0.29, 0.717) is 23.3 Å². The van der Waals surface area contributed by atoms with Crippen molar-refractivity contribution in [1.29, 1.82) is 5.26 Å². The van der Waals surface area contributed by atoms with Crippen LogP contribution in [0.1, 0.15) is 46.0 Å². The van der Waals surface area contributed by atoms with Crippen LogP contribution in [0.4, 0.5) is 0 Å². The number of phenolic OH excluding ortho intramolecular Hbond substituents is 2. The molecule has 146 valence electrons. The van der Waals surface area contributed by atoms with Crippen LogP contribution >= 0.6 is 0 Å². The van der Waals surface area contributed by atoms with Crippen molar-refractivity contribution in [2.45, 2.75) is 26.4 Å². The summed E-state index contributed by atoms with van der Waals surface area (Å²) < 4.78 is 5.89. The highest BCUT2D eigenvalue weighted by Crippen LogP contribution is 2.35. The average molecular weight is 387 g/mol. The third kappa shape index (κ3) is 4.39. The van der Waals surface area contributed by atoms with Gasteiger partial charge in [-0.25, -0.2) is 0 Å². The molecule has 3 rings (SSSR count). The third-order valence-corrected chi connectivity index (χ3v) is 4.61.